The molecule has 0 unspecified atom stereocenters. The number of unbranched alkanes of at least 4 members (excludes halogenated alkanes) is 2. The minimum Gasteiger partial charge on any atom is -0.270 e. The van der Waals surface area contributed by atoms with Crippen LogP contribution in [-0.4, -0.2) is 42.1 Å². The zero-order valence-electron chi connectivity index (χ0n) is 11.4. The van der Waals surface area contributed by atoms with Gasteiger partial charge >= 0.3 is 0 Å². The van der Waals surface area contributed by atoms with E-state index >= 15 is 0 Å². The van der Waals surface area contributed by atoms with Crippen molar-refractivity contribution in [2.45, 2.75) is 38.2 Å². The molecule has 8 heteroatoms. The highest BCUT2D eigenvalue weighted by molar-refractivity contribution is 7.86. The van der Waals surface area contributed by atoms with Crippen LogP contribution in [0, 0.1) is 0 Å². The van der Waals surface area contributed by atoms with Crippen molar-refractivity contribution in [1.82, 2.24) is 0 Å². The quantitative estimate of drug-likeness (QED) is 0.326. The molecule has 0 rings (SSSR count). The molecule has 0 aliphatic carbocycles. The predicted octanol–water partition coefficient (Wildman–Crippen LogP) is 1.44. The molecule has 0 bridgehead atoms. The summed E-state index contributed by atoms with van der Waals surface area (Å²) in [5, 5.41) is 0. The second-order valence-corrected chi connectivity index (χ2v) is 7.55. The zero-order valence-corrected chi connectivity index (χ0v) is 13.0. The molecule has 0 saturated heterocycles. The van der Waals surface area contributed by atoms with Crippen molar-refractivity contribution in [2.75, 3.05) is 19.1 Å². The van der Waals surface area contributed by atoms with E-state index in [4.69, 9.17) is 4.18 Å². The Bertz CT molecular complexity index is 452. The van der Waals surface area contributed by atoms with Gasteiger partial charge in [-0.2, -0.15) is 16.8 Å². The lowest BCUT2D eigenvalue weighted by Gasteiger charge is -2.15. The molecule has 0 N–H and O–H groups in total. The fourth-order valence-corrected chi connectivity index (χ4v) is 2.57. The van der Waals surface area contributed by atoms with Gasteiger partial charge in [0.2, 0.25) is 0 Å². The summed E-state index contributed by atoms with van der Waals surface area (Å²) >= 11 is 0. The fourth-order valence-electron chi connectivity index (χ4n) is 1.48. The lowest BCUT2D eigenvalue weighted by Crippen LogP contribution is -2.20. The molecule has 6 nitrogen and oxygen atoms in total. The first kappa shape index (κ1) is 18.6. The molecular formula is C11H22O6S2. The maximum Gasteiger partial charge on any atom is 0.264 e. The lowest BCUT2D eigenvalue weighted by atomic mass is 10.1. The number of hydrogen-bond acceptors (Lipinski definition) is 6. The largest absolute Gasteiger partial charge is 0.270 e. The van der Waals surface area contributed by atoms with Crippen LogP contribution in [0.2, 0.25) is 0 Å². The van der Waals surface area contributed by atoms with Crippen LogP contribution in [0.15, 0.2) is 12.7 Å². The van der Waals surface area contributed by atoms with Gasteiger partial charge in [-0.05, 0) is 25.7 Å². The van der Waals surface area contributed by atoms with Crippen LogP contribution in [0.5, 0.6) is 0 Å². The average Bonchev–Trinajstić information content (AvgIpc) is 2.20. The molecule has 0 aromatic rings. The van der Waals surface area contributed by atoms with E-state index in [9.17, 15) is 16.8 Å². The van der Waals surface area contributed by atoms with E-state index in [2.05, 4.69) is 10.8 Å². The molecule has 114 valence electrons. The highest BCUT2D eigenvalue weighted by Gasteiger charge is 2.16. The highest BCUT2D eigenvalue weighted by Crippen LogP contribution is 2.13. The van der Waals surface area contributed by atoms with E-state index in [-0.39, 0.29) is 13.0 Å². The first-order valence-electron chi connectivity index (χ1n) is 5.97. The van der Waals surface area contributed by atoms with Crippen LogP contribution in [-0.2, 0) is 28.6 Å². The van der Waals surface area contributed by atoms with Gasteiger partial charge in [-0.1, -0.05) is 12.5 Å². The molecule has 1 atom stereocenters. The van der Waals surface area contributed by atoms with Crippen molar-refractivity contribution in [3.05, 3.63) is 12.7 Å². The van der Waals surface area contributed by atoms with Crippen LogP contribution in [0.4, 0.5) is 0 Å². The Labute approximate surface area is 116 Å². The fraction of sp³-hybridized carbons (Fsp3) is 0.818. The van der Waals surface area contributed by atoms with Gasteiger partial charge in [-0.15, -0.1) is 6.58 Å². The minimum absolute atomic E-state index is 0.0829. The molecule has 0 spiro atoms. The summed E-state index contributed by atoms with van der Waals surface area (Å²) in [6.07, 6.45) is 6.43. The number of rotatable bonds is 11. The molecule has 0 saturated carbocycles. The first-order valence-corrected chi connectivity index (χ1v) is 9.61. The smallest absolute Gasteiger partial charge is 0.264 e. The standard InChI is InChI=1S/C11H22O6S2/c1-4-5-6-7-8-11(17-19(3,14)15)9-10-16-18(2,12)13/h4,11H,1,5-10H2,2-3H3/t11-/m0/s1. The van der Waals surface area contributed by atoms with Crippen molar-refractivity contribution in [3.8, 4) is 0 Å². The van der Waals surface area contributed by atoms with Crippen molar-refractivity contribution in [1.29, 1.82) is 0 Å². The Morgan fingerprint density at radius 3 is 2.16 bits per heavy atom. The summed E-state index contributed by atoms with van der Waals surface area (Å²) in [5.74, 6) is 0. The Kier molecular flexibility index (Phi) is 8.47. The molecule has 0 aliphatic rings. The molecular weight excluding hydrogens is 292 g/mol. The summed E-state index contributed by atoms with van der Waals surface area (Å²) in [4.78, 5) is 0. The average molecular weight is 314 g/mol. The topological polar surface area (TPSA) is 86.7 Å². The van der Waals surface area contributed by atoms with Crippen LogP contribution >= 0.6 is 0 Å². The maximum absolute atomic E-state index is 11.1. The third kappa shape index (κ3) is 13.8. The van der Waals surface area contributed by atoms with Crippen LogP contribution < -0.4 is 0 Å². The third-order valence-corrected chi connectivity index (χ3v) is 3.45. The van der Waals surface area contributed by atoms with Crippen molar-refractivity contribution in [3.63, 3.8) is 0 Å². The van der Waals surface area contributed by atoms with Gasteiger partial charge in [-0.25, -0.2) is 0 Å². The van der Waals surface area contributed by atoms with Gasteiger partial charge in [0.15, 0.2) is 0 Å². The summed E-state index contributed by atoms with van der Waals surface area (Å²) in [7, 11) is -7.07. The SMILES string of the molecule is C=CCCCC[C@@H](CCOS(C)(=O)=O)OS(C)(=O)=O. The van der Waals surface area contributed by atoms with E-state index in [1.165, 1.54) is 0 Å². The van der Waals surface area contributed by atoms with Gasteiger partial charge in [0.25, 0.3) is 20.2 Å². The summed E-state index contributed by atoms with van der Waals surface area (Å²) in [6.45, 7) is 3.52. The van der Waals surface area contributed by atoms with Crippen molar-refractivity contribution < 1.29 is 25.2 Å². The number of allylic oxidation sites excluding steroid dienone is 1. The normalized spacial score (nSPS) is 14.2. The molecule has 0 fully saturated rings. The van der Waals surface area contributed by atoms with Gasteiger partial charge in [0.05, 0.1) is 25.2 Å². The van der Waals surface area contributed by atoms with Crippen LogP contribution in [0.3, 0.4) is 0 Å². The van der Waals surface area contributed by atoms with Gasteiger partial charge in [0.1, 0.15) is 0 Å². The van der Waals surface area contributed by atoms with Gasteiger partial charge in [-0.3, -0.25) is 8.37 Å². The first-order chi connectivity index (χ1) is 8.64. The molecule has 0 aliphatic heterocycles. The van der Waals surface area contributed by atoms with Crippen LogP contribution in [0.1, 0.15) is 32.1 Å². The Morgan fingerprint density at radius 1 is 1.05 bits per heavy atom. The van der Waals surface area contributed by atoms with E-state index in [0.717, 1.165) is 31.8 Å². The minimum atomic E-state index is -3.56. The second kappa shape index (κ2) is 8.68. The molecule has 19 heavy (non-hydrogen) atoms. The highest BCUT2D eigenvalue weighted by atomic mass is 32.2. The van der Waals surface area contributed by atoms with Crippen molar-refractivity contribution >= 4 is 20.2 Å². The van der Waals surface area contributed by atoms with Gasteiger partial charge < -0.3 is 0 Å². The maximum atomic E-state index is 11.1. The number of hydrogen-bond donors (Lipinski definition) is 0. The zero-order chi connectivity index (χ0) is 14.9. The van der Waals surface area contributed by atoms with E-state index < -0.39 is 26.3 Å². The molecule has 0 heterocycles. The van der Waals surface area contributed by atoms with E-state index in [1.807, 2.05) is 0 Å². The Balaban J connectivity index is 4.21. The molecule has 0 aromatic heterocycles. The summed E-state index contributed by atoms with van der Waals surface area (Å²) < 4.78 is 53.3. The van der Waals surface area contributed by atoms with Gasteiger partial charge in [0, 0.05) is 0 Å². The lowest BCUT2D eigenvalue weighted by molar-refractivity contribution is 0.160. The predicted molar refractivity (Wildman–Crippen MR) is 73.8 cm³/mol. The van der Waals surface area contributed by atoms with Crippen molar-refractivity contribution in [2.24, 2.45) is 0 Å². The monoisotopic (exact) mass is 314 g/mol. The Morgan fingerprint density at radius 2 is 1.68 bits per heavy atom. The summed E-state index contributed by atoms with van der Waals surface area (Å²) in [5.41, 5.74) is 0. The Hall–Kier alpha value is -0.440. The van der Waals surface area contributed by atoms with Crippen LogP contribution in [0.25, 0.3) is 0 Å². The molecule has 0 aromatic carbocycles. The third-order valence-electron chi connectivity index (χ3n) is 2.23. The molecule has 0 radical (unpaired) electrons. The van der Waals surface area contributed by atoms with E-state index in [1.54, 1.807) is 6.08 Å². The van der Waals surface area contributed by atoms with E-state index in [0.29, 0.717) is 6.42 Å². The molecule has 0 amide bonds. The second-order valence-electron chi connectivity index (χ2n) is 4.31. The summed E-state index contributed by atoms with van der Waals surface area (Å²) in [6, 6.07) is 0.